The van der Waals surface area contributed by atoms with E-state index in [1.54, 1.807) is 23.5 Å². The van der Waals surface area contributed by atoms with Crippen LogP contribution in [0.15, 0.2) is 47.4 Å². The van der Waals surface area contributed by atoms with Gasteiger partial charge in [-0.05, 0) is 97.1 Å². The van der Waals surface area contributed by atoms with Gasteiger partial charge in [-0.2, -0.15) is 0 Å². The van der Waals surface area contributed by atoms with Gasteiger partial charge in [-0.1, -0.05) is 6.07 Å². The Hall–Kier alpha value is -3.50. The van der Waals surface area contributed by atoms with Crippen LogP contribution in [0.1, 0.15) is 74.5 Å². The molecule has 218 valence electrons. The molecule has 1 N–H and O–H groups in total. The number of carbonyl (C=O) groups excluding carboxylic acids is 5. The maximum Gasteiger partial charge on any atom is 0.338 e. The van der Waals surface area contributed by atoms with E-state index in [0.29, 0.717) is 33.8 Å². The van der Waals surface area contributed by atoms with E-state index in [9.17, 15) is 24.0 Å². The second-order valence-electron chi connectivity index (χ2n) is 13.1. The summed E-state index contributed by atoms with van der Waals surface area (Å²) in [6.07, 6.45) is 5.46. The summed E-state index contributed by atoms with van der Waals surface area (Å²) in [6, 6.07) is 11.9. The average molecular weight is 613 g/mol. The predicted octanol–water partition coefficient (Wildman–Crippen LogP) is 5.19. The van der Waals surface area contributed by atoms with E-state index in [4.69, 9.17) is 4.74 Å². The summed E-state index contributed by atoms with van der Waals surface area (Å²) in [4.78, 5) is 66.3. The fraction of sp³-hybridized carbons (Fsp3) is 0.424. The molecule has 43 heavy (non-hydrogen) atoms. The third kappa shape index (κ3) is 3.31. The zero-order valence-electron chi connectivity index (χ0n) is 23.2. The number of ether oxygens (including phenoxy) is 1. The van der Waals surface area contributed by atoms with Gasteiger partial charge in [0.05, 0.1) is 23.3 Å². The number of rotatable bonds is 7. The van der Waals surface area contributed by atoms with E-state index in [1.807, 2.05) is 24.3 Å². The Morgan fingerprint density at radius 2 is 1.84 bits per heavy atom. The number of nitrogens with one attached hydrogen (secondary N) is 1. The van der Waals surface area contributed by atoms with Gasteiger partial charge in [0.1, 0.15) is 6.04 Å². The lowest BCUT2D eigenvalue weighted by atomic mass is 9.13. The van der Waals surface area contributed by atoms with Crippen molar-refractivity contribution in [3.8, 4) is 0 Å². The predicted molar refractivity (Wildman–Crippen MR) is 159 cm³/mol. The normalized spacial score (nSPS) is 33.0. The Bertz CT molecular complexity index is 1800. The molecule has 0 radical (unpaired) electrons. The van der Waals surface area contributed by atoms with E-state index < -0.39 is 29.7 Å². The van der Waals surface area contributed by atoms with Gasteiger partial charge < -0.3 is 4.74 Å². The first kappa shape index (κ1) is 25.9. The van der Waals surface area contributed by atoms with Crippen LogP contribution in [0, 0.1) is 28.6 Å². The molecule has 9 rings (SSSR count). The maximum atomic E-state index is 13.4. The number of thiophene rings is 1. The van der Waals surface area contributed by atoms with Gasteiger partial charge in [-0.25, -0.2) is 4.79 Å². The molecule has 5 fully saturated rings. The van der Waals surface area contributed by atoms with E-state index >= 15 is 0 Å². The Labute approximate surface area is 255 Å². The topological polar surface area (TPSA) is 110 Å². The maximum absolute atomic E-state index is 13.4. The summed E-state index contributed by atoms with van der Waals surface area (Å²) in [5.74, 6) is 0.967. The molecule has 3 aromatic rings. The molecular weight excluding hydrogens is 585 g/mol. The lowest BCUT2D eigenvalue weighted by Crippen LogP contribution is -2.86. The molecule has 3 heterocycles. The zero-order valence-corrected chi connectivity index (χ0v) is 24.9. The molecule has 2 aliphatic heterocycles. The number of nitrogens with zero attached hydrogens (tertiary/aromatic N) is 1. The van der Waals surface area contributed by atoms with Crippen LogP contribution in [0.3, 0.4) is 0 Å². The number of hydrogen-bond acceptors (Lipinski definition) is 8. The van der Waals surface area contributed by atoms with Crippen molar-refractivity contribution in [2.24, 2.45) is 28.6 Å². The monoisotopic (exact) mass is 612 g/mol. The SMILES string of the molecule is O=C1CCC(N2C(=O)c3cccc(SCc4cc5cc(C(=O)OCC67CC8CC9CC(C6)C987)ccc5s4)c3C2=O)C(=O)N1. The molecule has 1 saturated heterocycles. The lowest BCUT2D eigenvalue weighted by Gasteiger charge is -2.91. The first-order valence-corrected chi connectivity index (χ1v) is 16.8. The van der Waals surface area contributed by atoms with E-state index in [2.05, 4.69) is 11.4 Å². The van der Waals surface area contributed by atoms with Crippen LogP contribution >= 0.6 is 23.1 Å². The van der Waals surface area contributed by atoms with Gasteiger partial charge in [0.2, 0.25) is 11.8 Å². The van der Waals surface area contributed by atoms with Crippen molar-refractivity contribution in [1.29, 1.82) is 0 Å². The number of esters is 1. The van der Waals surface area contributed by atoms with Gasteiger partial charge >= 0.3 is 5.97 Å². The fourth-order valence-corrected chi connectivity index (χ4v) is 11.9. The third-order valence-corrected chi connectivity index (χ3v) is 13.8. The summed E-state index contributed by atoms with van der Waals surface area (Å²) in [5.41, 5.74) is 1.95. The van der Waals surface area contributed by atoms with Gasteiger partial charge in [0.15, 0.2) is 0 Å². The summed E-state index contributed by atoms with van der Waals surface area (Å²) < 4.78 is 6.98. The van der Waals surface area contributed by atoms with Crippen molar-refractivity contribution < 1.29 is 28.7 Å². The van der Waals surface area contributed by atoms with Crippen molar-refractivity contribution >= 4 is 62.8 Å². The Morgan fingerprint density at radius 3 is 2.58 bits per heavy atom. The molecule has 1 spiro atoms. The molecule has 4 saturated carbocycles. The molecule has 4 amide bonds. The summed E-state index contributed by atoms with van der Waals surface area (Å²) >= 11 is 3.09. The standard InChI is InChI=1S/C33H28N2O6S2/c36-26-7-5-23(28(37)34-26)35-29(38)22-2-1-3-25(27(22)30(35)39)42-14-21-9-17-8-16(4-6-24(17)43-21)31(40)41-15-32-12-19-10-18-11-20(13-32)33(18,19)32/h1-4,6,8-9,18-20,23H,5,7,10-15H2,(H,34,36,37). The Morgan fingerprint density at radius 1 is 1.02 bits per heavy atom. The number of thioether (sulfide) groups is 1. The minimum atomic E-state index is -0.990. The zero-order chi connectivity index (χ0) is 29.2. The van der Waals surface area contributed by atoms with Gasteiger partial charge in [0.25, 0.3) is 11.8 Å². The van der Waals surface area contributed by atoms with E-state index in [-0.39, 0.29) is 29.8 Å². The second-order valence-corrected chi connectivity index (χ2v) is 15.3. The number of piperidine rings is 1. The van der Waals surface area contributed by atoms with Gasteiger partial charge in [0, 0.05) is 32.1 Å². The number of benzene rings is 2. The van der Waals surface area contributed by atoms with Crippen molar-refractivity contribution in [2.45, 2.75) is 55.2 Å². The molecule has 0 bridgehead atoms. The molecule has 10 heteroatoms. The highest BCUT2D eigenvalue weighted by Gasteiger charge is 2.87. The van der Waals surface area contributed by atoms with Crippen LogP contribution < -0.4 is 5.32 Å². The highest BCUT2D eigenvalue weighted by Crippen LogP contribution is 2.92. The number of fused-ring (bicyclic) bond motifs is 2. The van der Waals surface area contributed by atoms with Crippen molar-refractivity contribution in [1.82, 2.24) is 10.2 Å². The van der Waals surface area contributed by atoms with Gasteiger partial charge in [-0.15, -0.1) is 23.1 Å². The number of hydrogen-bond donors (Lipinski definition) is 1. The molecule has 4 aliphatic carbocycles. The molecule has 2 aromatic carbocycles. The van der Waals surface area contributed by atoms with E-state index in [1.165, 1.54) is 37.4 Å². The smallest absolute Gasteiger partial charge is 0.338 e. The highest BCUT2D eigenvalue weighted by molar-refractivity contribution is 7.98. The number of carbonyl (C=O) groups is 5. The number of amides is 4. The fourth-order valence-electron chi connectivity index (χ4n) is 9.74. The Kier molecular flexibility index (Phi) is 5.30. The van der Waals surface area contributed by atoms with Gasteiger partial charge in [-0.3, -0.25) is 29.4 Å². The molecule has 6 aliphatic rings. The van der Waals surface area contributed by atoms with Crippen LogP contribution in [0.2, 0.25) is 0 Å². The van der Waals surface area contributed by atoms with Crippen molar-refractivity contribution in [3.63, 3.8) is 0 Å². The van der Waals surface area contributed by atoms with Crippen molar-refractivity contribution in [3.05, 3.63) is 64.0 Å². The van der Waals surface area contributed by atoms with Crippen LogP contribution in [-0.4, -0.2) is 47.1 Å². The number of imide groups is 2. The van der Waals surface area contributed by atoms with Crippen LogP contribution in [-0.2, 0) is 20.1 Å². The van der Waals surface area contributed by atoms with Crippen LogP contribution in [0.5, 0.6) is 0 Å². The summed E-state index contributed by atoms with van der Waals surface area (Å²) in [6.45, 7) is 0.558. The molecule has 3 unspecified atom stereocenters. The molecular formula is C33H28N2O6S2. The lowest BCUT2D eigenvalue weighted by molar-refractivity contribution is -0.437. The minimum absolute atomic E-state index is 0.0829. The highest BCUT2D eigenvalue weighted by atomic mass is 32.2. The molecule has 8 nitrogen and oxygen atoms in total. The quantitative estimate of drug-likeness (QED) is 0.222. The Balaban J connectivity index is 0.885. The first-order chi connectivity index (χ1) is 20.8. The summed E-state index contributed by atoms with van der Waals surface area (Å²) in [5, 5.41) is 3.21. The van der Waals surface area contributed by atoms with Crippen molar-refractivity contribution in [2.75, 3.05) is 6.61 Å². The first-order valence-electron chi connectivity index (χ1n) is 15.0. The average Bonchev–Trinajstić information content (AvgIpc) is 3.48. The second kappa shape index (κ2) is 8.79. The molecule has 1 aromatic heterocycles. The minimum Gasteiger partial charge on any atom is -0.461 e. The third-order valence-electron chi connectivity index (χ3n) is 11.4. The molecule has 3 atom stereocenters. The van der Waals surface area contributed by atoms with Crippen LogP contribution in [0.25, 0.3) is 10.1 Å². The van der Waals surface area contributed by atoms with Crippen LogP contribution in [0.4, 0.5) is 0 Å². The largest absolute Gasteiger partial charge is 0.461 e. The summed E-state index contributed by atoms with van der Waals surface area (Å²) in [7, 11) is 0. The van der Waals surface area contributed by atoms with E-state index in [0.717, 1.165) is 37.6 Å².